The van der Waals surface area contributed by atoms with Crippen LogP contribution < -0.4 is 21.9 Å². The van der Waals surface area contributed by atoms with Crippen molar-refractivity contribution in [1.82, 2.24) is 14.9 Å². The number of fused-ring (bicyclic) bond motifs is 1. The molecule has 0 saturated carbocycles. The van der Waals surface area contributed by atoms with E-state index in [1.807, 2.05) is 0 Å². The van der Waals surface area contributed by atoms with E-state index >= 15 is 0 Å². The highest BCUT2D eigenvalue weighted by Gasteiger charge is 2.10. The number of nitrogens with one attached hydrogen (secondary N) is 2. The third-order valence-corrected chi connectivity index (χ3v) is 3.94. The second kappa shape index (κ2) is 8.12. The fraction of sp³-hybridized carbons (Fsp3) is 0.105. The number of hydrogen-bond donors (Lipinski definition) is 3. The van der Waals surface area contributed by atoms with Crippen LogP contribution in [-0.2, 0) is 16.1 Å². The molecule has 0 atom stereocenters. The Morgan fingerprint density at radius 2 is 1.71 bits per heavy atom. The van der Waals surface area contributed by atoms with Crippen LogP contribution in [0.5, 0.6) is 0 Å². The molecule has 9 heteroatoms. The van der Waals surface area contributed by atoms with Crippen molar-refractivity contribution in [3.63, 3.8) is 0 Å². The predicted octanol–water partition coefficient (Wildman–Crippen LogP) is 0.250. The van der Waals surface area contributed by atoms with Crippen LogP contribution in [0.25, 0.3) is 10.9 Å². The molecule has 142 valence electrons. The Kier molecular flexibility index (Phi) is 5.45. The lowest BCUT2D eigenvalue weighted by Gasteiger charge is -2.09. The molecule has 3 rings (SSSR count). The third kappa shape index (κ3) is 4.39. The summed E-state index contributed by atoms with van der Waals surface area (Å²) in [6.45, 7) is -0.524. The number of carbonyl (C=O) groups excluding carboxylic acids is 3. The summed E-state index contributed by atoms with van der Waals surface area (Å²) >= 11 is 0. The summed E-state index contributed by atoms with van der Waals surface area (Å²) < 4.78 is 1.18. The molecule has 3 aromatic rings. The van der Waals surface area contributed by atoms with E-state index in [0.29, 0.717) is 22.2 Å². The van der Waals surface area contributed by atoms with Crippen molar-refractivity contribution in [2.75, 3.05) is 11.9 Å². The van der Waals surface area contributed by atoms with Crippen molar-refractivity contribution in [2.45, 2.75) is 6.54 Å². The first-order valence-corrected chi connectivity index (χ1v) is 8.34. The monoisotopic (exact) mass is 379 g/mol. The van der Waals surface area contributed by atoms with Crippen LogP contribution in [0.2, 0.25) is 0 Å². The number of amides is 3. The Morgan fingerprint density at radius 3 is 2.43 bits per heavy atom. The van der Waals surface area contributed by atoms with E-state index in [-0.39, 0.29) is 18.6 Å². The number of benzene rings is 2. The van der Waals surface area contributed by atoms with Gasteiger partial charge in [-0.05, 0) is 36.4 Å². The van der Waals surface area contributed by atoms with Gasteiger partial charge in [0.2, 0.25) is 17.7 Å². The molecule has 2 aromatic carbocycles. The molecular formula is C19H17N5O4. The standard InChI is InChI=1S/C19H17N5O4/c20-18(27)12-5-7-13(8-6-12)23-16(25)9-21-17(26)10-24-11-22-15-4-2-1-3-14(15)19(24)28/h1-8,11H,9-10H2,(H2,20,27)(H,21,26)(H,23,25). The summed E-state index contributed by atoms with van der Waals surface area (Å²) in [5.74, 6) is -1.52. The van der Waals surface area contributed by atoms with Crippen LogP contribution in [0.1, 0.15) is 10.4 Å². The van der Waals surface area contributed by atoms with Gasteiger partial charge in [-0.15, -0.1) is 0 Å². The number of aromatic nitrogens is 2. The SMILES string of the molecule is NC(=O)c1ccc(NC(=O)CNC(=O)Cn2cnc3ccccc3c2=O)cc1. The molecule has 0 aliphatic rings. The minimum atomic E-state index is -0.566. The molecule has 1 aromatic heterocycles. The van der Waals surface area contributed by atoms with E-state index < -0.39 is 17.7 Å². The van der Waals surface area contributed by atoms with E-state index in [9.17, 15) is 19.2 Å². The quantitative estimate of drug-likeness (QED) is 0.564. The molecule has 0 aliphatic heterocycles. The zero-order valence-electron chi connectivity index (χ0n) is 14.7. The van der Waals surface area contributed by atoms with Crippen molar-refractivity contribution in [3.8, 4) is 0 Å². The second-order valence-electron chi connectivity index (χ2n) is 5.96. The number of para-hydroxylation sites is 1. The highest BCUT2D eigenvalue weighted by Crippen LogP contribution is 2.08. The van der Waals surface area contributed by atoms with Gasteiger partial charge in [0, 0.05) is 11.3 Å². The average Bonchev–Trinajstić information content (AvgIpc) is 2.69. The minimum Gasteiger partial charge on any atom is -0.366 e. The summed E-state index contributed by atoms with van der Waals surface area (Å²) in [7, 11) is 0. The van der Waals surface area contributed by atoms with Crippen LogP contribution in [-0.4, -0.2) is 33.8 Å². The zero-order valence-corrected chi connectivity index (χ0v) is 14.7. The lowest BCUT2D eigenvalue weighted by atomic mass is 10.2. The maximum absolute atomic E-state index is 12.3. The highest BCUT2D eigenvalue weighted by atomic mass is 16.2. The lowest BCUT2D eigenvalue weighted by molar-refractivity contribution is -0.124. The number of hydrogen-bond acceptors (Lipinski definition) is 5. The number of carbonyl (C=O) groups is 3. The molecule has 3 amide bonds. The molecule has 0 aliphatic carbocycles. The number of nitrogens with zero attached hydrogens (tertiary/aromatic N) is 2. The van der Waals surface area contributed by atoms with E-state index in [2.05, 4.69) is 15.6 Å². The summed E-state index contributed by atoms with van der Waals surface area (Å²) in [5.41, 5.74) is 6.14. The van der Waals surface area contributed by atoms with Crippen molar-refractivity contribution in [2.24, 2.45) is 5.73 Å². The molecule has 0 bridgehead atoms. The van der Waals surface area contributed by atoms with E-state index in [0.717, 1.165) is 0 Å². The molecule has 0 spiro atoms. The maximum atomic E-state index is 12.3. The fourth-order valence-corrected chi connectivity index (χ4v) is 2.53. The zero-order chi connectivity index (χ0) is 20.1. The third-order valence-electron chi connectivity index (χ3n) is 3.94. The van der Waals surface area contributed by atoms with Gasteiger partial charge in [-0.3, -0.25) is 23.7 Å². The molecule has 0 radical (unpaired) electrons. The Labute approximate surface area is 159 Å². The molecule has 1 heterocycles. The van der Waals surface area contributed by atoms with Crippen LogP contribution >= 0.6 is 0 Å². The Bertz CT molecular complexity index is 1110. The molecule has 0 saturated heterocycles. The normalized spacial score (nSPS) is 10.4. The Morgan fingerprint density at radius 1 is 1.00 bits per heavy atom. The van der Waals surface area contributed by atoms with Gasteiger partial charge in [0.05, 0.1) is 23.8 Å². The Hall–Kier alpha value is -4.01. The topological polar surface area (TPSA) is 136 Å². The van der Waals surface area contributed by atoms with Crippen molar-refractivity contribution >= 4 is 34.3 Å². The van der Waals surface area contributed by atoms with E-state index in [4.69, 9.17) is 5.73 Å². The summed E-state index contributed by atoms with van der Waals surface area (Å²) in [6, 6.07) is 12.9. The van der Waals surface area contributed by atoms with Crippen molar-refractivity contribution in [3.05, 3.63) is 70.8 Å². The Balaban J connectivity index is 1.55. The predicted molar refractivity (Wildman–Crippen MR) is 103 cm³/mol. The van der Waals surface area contributed by atoms with Crippen molar-refractivity contribution in [1.29, 1.82) is 0 Å². The fourth-order valence-electron chi connectivity index (χ4n) is 2.53. The number of nitrogens with two attached hydrogens (primary N) is 1. The van der Waals surface area contributed by atoms with Crippen molar-refractivity contribution < 1.29 is 14.4 Å². The van der Waals surface area contributed by atoms with Gasteiger partial charge in [-0.2, -0.15) is 0 Å². The largest absolute Gasteiger partial charge is 0.366 e. The smallest absolute Gasteiger partial charge is 0.261 e. The van der Waals surface area contributed by atoms with Gasteiger partial charge in [0.25, 0.3) is 5.56 Å². The molecule has 0 unspecified atom stereocenters. The van der Waals surface area contributed by atoms with Crippen LogP contribution in [0.4, 0.5) is 5.69 Å². The average molecular weight is 379 g/mol. The summed E-state index contributed by atoms with van der Waals surface area (Å²) in [4.78, 5) is 51.5. The van der Waals surface area contributed by atoms with Gasteiger partial charge < -0.3 is 16.4 Å². The molecular weight excluding hydrogens is 362 g/mol. The van der Waals surface area contributed by atoms with E-state index in [1.165, 1.54) is 35.2 Å². The van der Waals surface area contributed by atoms with Crippen LogP contribution in [0.3, 0.4) is 0 Å². The molecule has 4 N–H and O–H groups in total. The molecule has 0 fully saturated rings. The maximum Gasteiger partial charge on any atom is 0.261 e. The van der Waals surface area contributed by atoms with Crippen LogP contribution in [0, 0.1) is 0 Å². The number of primary amides is 1. The lowest BCUT2D eigenvalue weighted by Crippen LogP contribution is -2.37. The first-order chi connectivity index (χ1) is 13.4. The molecule has 28 heavy (non-hydrogen) atoms. The molecule has 9 nitrogen and oxygen atoms in total. The second-order valence-corrected chi connectivity index (χ2v) is 5.96. The minimum absolute atomic E-state index is 0.253. The van der Waals surface area contributed by atoms with Gasteiger partial charge in [0.15, 0.2) is 0 Å². The van der Waals surface area contributed by atoms with Gasteiger partial charge in [0.1, 0.15) is 6.54 Å². The first kappa shape index (κ1) is 18.8. The summed E-state index contributed by atoms with van der Waals surface area (Å²) in [5, 5.41) is 5.43. The number of rotatable bonds is 6. The van der Waals surface area contributed by atoms with Gasteiger partial charge in [-0.1, -0.05) is 12.1 Å². The number of anilines is 1. The van der Waals surface area contributed by atoms with E-state index in [1.54, 1.807) is 24.3 Å². The van der Waals surface area contributed by atoms with Gasteiger partial charge >= 0.3 is 0 Å². The summed E-state index contributed by atoms with van der Waals surface area (Å²) in [6.07, 6.45) is 1.30. The van der Waals surface area contributed by atoms with Gasteiger partial charge in [-0.25, -0.2) is 4.98 Å². The first-order valence-electron chi connectivity index (χ1n) is 8.34. The van der Waals surface area contributed by atoms with Crippen LogP contribution in [0.15, 0.2) is 59.7 Å². The highest BCUT2D eigenvalue weighted by molar-refractivity contribution is 5.96.